The van der Waals surface area contributed by atoms with Gasteiger partial charge in [-0.05, 0) is 24.1 Å². The second-order valence-electron chi connectivity index (χ2n) is 6.52. The normalized spacial score (nSPS) is 22.4. The largest absolute Gasteiger partial charge is 0.497 e. The van der Waals surface area contributed by atoms with Gasteiger partial charge in [0.05, 0.1) is 25.4 Å². The first-order chi connectivity index (χ1) is 12.0. The van der Waals surface area contributed by atoms with E-state index in [-0.39, 0.29) is 17.7 Å². The van der Waals surface area contributed by atoms with Crippen molar-refractivity contribution in [2.75, 3.05) is 33.3 Å². The van der Waals surface area contributed by atoms with Gasteiger partial charge in [-0.1, -0.05) is 12.1 Å². The number of ether oxygens (including phenoxy) is 1. The van der Waals surface area contributed by atoms with Crippen molar-refractivity contribution in [2.24, 2.45) is 11.8 Å². The van der Waals surface area contributed by atoms with Crippen LogP contribution in [0.5, 0.6) is 5.75 Å². The quantitative estimate of drug-likeness (QED) is 0.845. The maximum atomic E-state index is 12.4. The third kappa shape index (κ3) is 3.92. The van der Waals surface area contributed by atoms with E-state index in [0.717, 1.165) is 11.3 Å². The van der Waals surface area contributed by atoms with E-state index < -0.39 is 11.9 Å². The lowest BCUT2D eigenvalue weighted by molar-refractivity contribution is -0.143. The summed E-state index contributed by atoms with van der Waals surface area (Å²) in [6, 6.07) is 7.42. The SMILES string of the molecule is COc1cccc(CC(=O)N2CCN(C(=O)C3CC3C(=O)O)CC2)c1. The summed E-state index contributed by atoms with van der Waals surface area (Å²) in [5, 5.41) is 8.93. The molecule has 1 aromatic rings. The Kier molecular flexibility index (Phi) is 4.92. The van der Waals surface area contributed by atoms with Crippen LogP contribution >= 0.6 is 0 Å². The van der Waals surface area contributed by atoms with E-state index in [4.69, 9.17) is 9.84 Å². The third-order valence-corrected chi connectivity index (χ3v) is 4.86. The Hall–Kier alpha value is -2.57. The average Bonchev–Trinajstić information content (AvgIpc) is 3.42. The second-order valence-corrected chi connectivity index (χ2v) is 6.52. The van der Waals surface area contributed by atoms with E-state index in [1.54, 1.807) is 16.9 Å². The summed E-state index contributed by atoms with van der Waals surface area (Å²) >= 11 is 0. The van der Waals surface area contributed by atoms with Crippen LogP contribution in [0.2, 0.25) is 0 Å². The Morgan fingerprint density at radius 3 is 2.40 bits per heavy atom. The molecule has 1 aromatic carbocycles. The molecule has 1 saturated carbocycles. The zero-order valence-electron chi connectivity index (χ0n) is 14.2. The van der Waals surface area contributed by atoms with Crippen LogP contribution in [0, 0.1) is 11.8 Å². The van der Waals surface area contributed by atoms with Crippen molar-refractivity contribution >= 4 is 17.8 Å². The molecule has 0 radical (unpaired) electrons. The van der Waals surface area contributed by atoms with Crippen molar-refractivity contribution in [3.05, 3.63) is 29.8 Å². The molecule has 0 aromatic heterocycles. The standard InChI is InChI=1S/C18H22N2O5/c1-25-13-4-2-3-12(9-13)10-16(21)19-5-7-20(8-6-19)17(22)14-11-15(14)18(23)24/h2-4,9,14-15H,5-8,10-11H2,1H3,(H,23,24). The van der Waals surface area contributed by atoms with Gasteiger partial charge in [-0.3, -0.25) is 14.4 Å². The molecule has 0 bridgehead atoms. The lowest BCUT2D eigenvalue weighted by atomic mass is 10.1. The van der Waals surface area contributed by atoms with Crippen molar-refractivity contribution < 1.29 is 24.2 Å². The first-order valence-corrected chi connectivity index (χ1v) is 8.42. The van der Waals surface area contributed by atoms with Crippen LogP contribution in [-0.4, -0.2) is 66.0 Å². The van der Waals surface area contributed by atoms with Gasteiger partial charge in [-0.25, -0.2) is 0 Å². The van der Waals surface area contributed by atoms with E-state index in [9.17, 15) is 14.4 Å². The molecule has 134 valence electrons. The predicted molar refractivity (Wildman–Crippen MR) is 89.1 cm³/mol. The number of carboxylic acid groups (broad SMARTS) is 1. The fourth-order valence-corrected chi connectivity index (χ4v) is 3.22. The molecule has 2 amide bonds. The van der Waals surface area contributed by atoms with Crippen molar-refractivity contribution in [1.82, 2.24) is 9.80 Å². The lowest BCUT2D eigenvalue weighted by Gasteiger charge is -2.35. The van der Waals surface area contributed by atoms with Crippen LogP contribution in [0.4, 0.5) is 0 Å². The highest BCUT2D eigenvalue weighted by atomic mass is 16.5. The summed E-state index contributed by atoms with van der Waals surface area (Å²) in [4.78, 5) is 39.0. The fraction of sp³-hybridized carbons (Fsp3) is 0.500. The molecule has 7 nitrogen and oxygen atoms in total. The number of carbonyl (C=O) groups excluding carboxylic acids is 2. The first-order valence-electron chi connectivity index (χ1n) is 8.42. The summed E-state index contributed by atoms with van der Waals surface area (Å²) in [5.41, 5.74) is 0.894. The third-order valence-electron chi connectivity index (χ3n) is 4.86. The number of carboxylic acids is 1. The predicted octanol–water partition coefficient (Wildman–Crippen LogP) is 0.629. The van der Waals surface area contributed by atoms with Crippen molar-refractivity contribution in [2.45, 2.75) is 12.8 Å². The van der Waals surface area contributed by atoms with Gasteiger partial charge in [-0.15, -0.1) is 0 Å². The second kappa shape index (κ2) is 7.13. The summed E-state index contributed by atoms with van der Waals surface area (Å²) in [6.45, 7) is 1.90. The Labute approximate surface area is 146 Å². The molecular formula is C18H22N2O5. The number of hydrogen-bond donors (Lipinski definition) is 1. The van der Waals surface area contributed by atoms with Crippen LogP contribution < -0.4 is 4.74 Å². The average molecular weight is 346 g/mol. The smallest absolute Gasteiger partial charge is 0.307 e. The lowest BCUT2D eigenvalue weighted by Crippen LogP contribution is -2.51. The Balaban J connectivity index is 1.49. The molecule has 1 N–H and O–H groups in total. The van der Waals surface area contributed by atoms with E-state index in [2.05, 4.69) is 0 Å². The number of nitrogens with zero attached hydrogens (tertiary/aromatic N) is 2. The van der Waals surface area contributed by atoms with Gasteiger partial charge in [0.15, 0.2) is 0 Å². The van der Waals surface area contributed by atoms with E-state index in [1.807, 2.05) is 24.3 Å². The van der Waals surface area contributed by atoms with E-state index in [1.165, 1.54) is 0 Å². The zero-order valence-corrected chi connectivity index (χ0v) is 14.2. The molecule has 2 fully saturated rings. The topological polar surface area (TPSA) is 87.2 Å². The van der Waals surface area contributed by atoms with Crippen molar-refractivity contribution in [3.63, 3.8) is 0 Å². The van der Waals surface area contributed by atoms with Gasteiger partial charge in [0.1, 0.15) is 5.75 Å². The molecule has 7 heteroatoms. The number of methoxy groups -OCH3 is 1. The molecule has 1 heterocycles. The van der Waals surface area contributed by atoms with Crippen molar-refractivity contribution in [3.8, 4) is 5.75 Å². The van der Waals surface area contributed by atoms with Gasteiger partial charge in [0, 0.05) is 26.2 Å². The zero-order chi connectivity index (χ0) is 18.0. The minimum atomic E-state index is -0.898. The molecule has 2 atom stereocenters. The molecule has 1 aliphatic heterocycles. The molecule has 1 aliphatic carbocycles. The van der Waals surface area contributed by atoms with E-state index >= 15 is 0 Å². The highest BCUT2D eigenvalue weighted by Gasteiger charge is 2.50. The maximum Gasteiger partial charge on any atom is 0.307 e. The van der Waals surface area contributed by atoms with Gasteiger partial charge >= 0.3 is 5.97 Å². The number of piperazine rings is 1. The Morgan fingerprint density at radius 2 is 1.80 bits per heavy atom. The van der Waals surface area contributed by atoms with Gasteiger partial charge < -0.3 is 19.6 Å². The minimum absolute atomic E-state index is 0.0233. The Morgan fingerprint density at radius 1 is 1.12 bits per heavy atom. The maximum absolute atomic E-state index is 12.4. The van der Waals surface area contributed by atoms with Crippen LogP contribution in [0.1, 0.15) is 12.0 Å². The molecule has 3 rings (SSSR count). The molecular weight excluding hydrogens is 324 g/mol. The molecule has 2 unspecified atom stereocenters. The first kappa shape index (κ1) is 17.3. The van der Waals surface area contributed by atoms with Gasteiger partial charge in [0.2, 0.25) is 11.8 Å². The van der Waals surface area contributed by atoms with Crippen LogP contribution in [0.25, 0.3) is 0 Å². The summed E-state index contributed by atoms with van der Waals surface area (Å²) < 4.78 is 5.17. The fourth-order valence-electron chi connectivity index (χ4n) is 3.22. The number of carbonyl (C=O) groups is 3. The van der Waals surface area contributed by atoms with Gasteiger partial charge in [0.25, 0.3) is 0 Å². The molecule has 0 spiro atoms. The number of aliphatic carboxylic acids is 1. The molecule has 1 saturated heterocycles. The van der Waals surface area contributed by atoms with E-state index in [0.29, 0.717) is 39.0 Å². The van der Waals surface area contributed by atoms with Crippen LogP contribution in [0.15, 0.2) is 24.3 Å². The highest BCUT2D eigenvalue weighted by molar-refractivity contribution is 5.89. The van der Waals surface area contributed by atoms with Crippen LogP contribution in [0.3, 0.4) is 0 Å². The van der Waals surface area contributed by atoms with Crippen LogP contribution in [-0.2, 0) is 20.8 Å². The molecule has 2 aliphatic rings. The summed E-state index contributed by atoms with van der Waals surface area (Å²) in [5.74, 6) is -1.15. The number of benzene rings is 1. The number of amides is 2. The van der Waals surface area contributed by atoms with Gasteiger partial charge in [-0.2, -0.15) is 0 Å². The monoisotopic (exact) mass is 346 g/mol. The highest BCUT2D eigenvalue weighted by Crippen LogP contribution is 2.40. The number of hydrogen-bond acceptors (Lipinski definition) is 4. The summed E-state index contributed by atoms with van der Waals surface area (Å²) in [6.07, 6.45) is 0.734. The number of rotatable bonds is 5. The minimum Gasteiger partial charge on any atom is -0.497 e. The van der Waals surface area contributed by atoms with Crippen molar-refractivity contribution in [1.29, 1.82) is 0 Å². The summed E-state index contributed by atoms with van der Waals surface area (Å²) in [7, 11) is 1.59. The molecule has 25 heavy (non-hydrogen) atoms. The Bertz CT molecular complexity index is 682.